The lowest BCUT2D eigenvalue weighted by Crippen LogP contribution is -2.43. The van der Waals surface area contributed by atoms with Crippen LogP contribution in [0.1, 0.15) is 42.2 Å². The fourth-order valence-electron chi connectivity index (χ4n) is 3.13. The van der Waals surface area contributed by atoms with Crippen LogP contribution >= 0.6 is 0 Å². The first-order valence-corrected chi connectivity index (χ1v) is 7.97. The van der Waals surface area contributed by atoms with Crippen molar-refractivity contribution in [2.45, 2.75) is 37.8 Å². The standard InChI is InChI=1S/C15H25N5O/c1-19-8-4-12(5-9-19)17-15(21)14-6-10-20(18-14)13-3-2-7-16-11-13/h6,10,12-13,16H,2-5,7-9,11H2,1H3,(H,17,21). The van der Waals surface area contributed by atoms with Gasteiger partial charge in [-0.25, -0.2) is 0 Å². The van der Waals surface area contributed by atoms with E-state index >= 15 is 0 Å². The topological polar surface area (TPSA) is 62.2 Å². The van der Waals surface area contributed by atoms with Crippen LogP contribution < -0.4 is 10.6 Å². The van der Waals surface area contributed by atoms with Crippen LogP contribution in [-0.4, -0.2) is 59.9 Å². The van der Waals surface area contributed by atoms with Crippen molar-refractivity contribution < 1.29 is 4.79 Å². The van der Waals surface area contributed by atoms with Crippen molar-refractivity contribution in [3.63, 3.8) is 0 Å². The number of hydrogen-bond donors (Lipinski definition) is 2. The van der Waals surface area contributed by atoms with E-state index in [2.05, 4.69) is 27.7 Å². The van der Waals surface area contributed by atoms with Crippen molar-refractivity contribution in [3.8, 4) is 0 Å². The molecule has 1 aromatic rings. The molecule has 0 radical (unpaired) electrons. The maximum absolute atomic E-state index is 12.3. The quantitative estimate of drug-likeness (QED) is 0.857. The molecule has 0 aromatic carbocycles. The van der Waals surface area contributed by atoms with Crippen LogP contribution in [0.5, 0.6) is 0 Å². The Morgan fingerprint density at radius 2 is 2.19 bits per heavy atom. The molecule has 6 heteroatoms. The molecule has 2 N–H and O–H groups in total. The fourth-order valence-corrected chi connectivity index (χ4v) is 3.13. The van der Waals surface area contributed by atoms with E-state index < -0.39 is 0 Å². The number of piperidine rings is 2. The summed E-state index contributed by atoms with van der Waals surface area (Å²) in [4.78, 5) is 14.6. The van der Waals surface area contributed by atoms with Gasteiger partial charge in [-0.1, -0.05) is 0 Å². The number of aromatic nitrogens is 2. The lowest BCUT2D eigenvalue weighted by molar-refractivity contribution is 0.0910. The predicted molar refractivity (Wildman–Crippen MR) is 81.4 cm³/mol. The Balaban J connectivity index is 1.56. The monoisotopic (exact) mass is 291 g/mol. The first kappa shape index (κ1) is 14.5. The van der Waals surface area contributed by atoms with Crippen molar-refractivity contribution in [1.82, 2.24) is 25.3 Å². The van der Waals surface area contributed by atoms with E-state index in [-0.39, 0.29) is 11.9 Å². The van der Waals surface area contributed by atoms with Gasteiger partial charge in [0.15, 0.2) is 0 Å². The molecular formula is C15H25N5O. The van der Waals surface area contributed by atoms with Crippen molar-refractivity contribution in [2.24, 2.45) is 0 Å². The molecule has 0 aliphatic carbocycles. The van der Waals surface area contributed by atoms with Gasteiger partial charge in [0.05, 0.1) is 6.04 Å². The van der Waals surface area contributed by atoms with Gasteiger partial charge in [-0.3, -0.25) is 9.48 Å². The zero-order valence-electron chi connectivity index (χ0n) is 12.7. The van der Waals surface area contributed by atoms with E-state index in [4.69, 9.17) is 0 Å². The highest BCUT2D eigenvalue weighted by Gasteiger charge is 2.21. The van der Waals surface area contributed by atoms with Crippen molar-refractivity contribution in [1.29, 1.82) is 0 Å². The molecular weight excluding hydrogens is 266 g/mol. The Kier molecular flexibility index (Phi) is 4.55. The van der Waals surface area contributed by atoms with Crippen molar-refractivity contribution in [3.05, 3.63) is 18.0 Å². The molecule has 3 rings (SSSR count). The summed E-state index contributed by atoms with van der Waals surface area (Å²) in [7, 11) is 2.12. The van der Waals surface area contributed by atoms with E-state index in [1.54, 1.807) is 0 Å². The third-order valence-corrected chi connectivity index (χ3v) is 4.54. The number of nitrogens with zero attached hydrogens (tertiary/aromatic N) is 3. The minimum absolute atomic E-state index is 0.0351. The van der Waals surface area contributed by atoms with E-state index in [0.29, 0.717) is 11.7 Å². The van der Waals surface area contributed by atoms with Crippen LogP contribution in [0.15, 0.2) is 12.3 Å². The predicted octanol–water partition coefficient (Wildman–Crippen LogP) is 0.632. The van der Waals surface area contributed by atoms with Crippen LogP contribution in [0.25, 0.3) is 0 Å². The first-order chi connectivity index (χ1) is 10.2. The molecule has 21 heavy (non-hydrogen) atoms. The summed E-state index contributed by atoms with van der Waals surface area (Å²) in [5.41, 5.74) is 0.541. The van der Waals surface area contributed by atoms with Crippen LogP contribution in [0.4, 0.5) is 0 Å². The molecule has 0 spiro atoms. The molecule has 6 nitrogen and oxygen atoms in total. The number of amides is 1. The van der Waals surface area contributed by atoms with Gasteiger partial charge in [0.25, 0.3) is 5.91 Å². The van der Waals surface area contributed by atoms with Crippen molar-refractivity contribution in [2.75, 3.05) is 33.2 Å². The van der Waals surface area contributed by atoms with Gasteiger partial charge in [0, 0.05) is 18.8 Å². The Hall–Kier alpha value is -1.40. The molecule has 1 unspecified atom stereocenters. The summed E-state index contributed by atoms with van der Waals surface area (Å²) < 4.78 is 1.94. The molecule has 2 fully saturated rings. The van der Waals surface area contributed by atoms with Gasteiger partial charge in [-0.2, -0.15) is 5.10 Å². The van der Waals surface area contributed by atoms with E-state index in [1.165, 1.54) is 6.42 Å². The average molecular weight is 291 g/mol. The summed E-state index contributed by atoms with van der Waals surface area (Å²) in [6.45, 7) is 4.12. The third-order valence-electron chi connectivity index (χ3n) is 4.54. The minimum Gasteiger partial charge on any atom is -0.348 e. The Morgan fingerprint density at radius 1 is 1.38 bits per heavy atom. The third kappa shape index (κ3) is 3.63. The number of rotatable bonds is 3. The molecule has 2 saturated heterocycles. The Labute approximate surface area is 125 Å². The highest BCUT2D eigenvalue weighted by atomic mass is 16.2. The normalized spacial score (nSPS) is 24.9. The van der Waals surface area contributed by atoms with Crippen molar-refractivity contribution >= 4 is 5.91 Å². The molecule has 2 aliphatic rings. The number of nitrogens with one attached hydrogen (secondary N) is 2. The molecule has 1 atom stereocenters. The maximum atomic E-state index is 12.3. The highest BCUT2D eigenvalue weighted by Crippen LogP contribution is 2.16. The molecule has 3 heterocycles. The van der Waals surface area contributed by atoms with Gasteiger partial charge in [0.2, 0.25) is 0 Å². The van der Waals surface area contributed by atoms with Gasteiger partial charge in [-0.05, 0) is 58.4 Å². The molecule has 1 aromatic heterocycles. The summed E-state index contributed by atoms with van der Waals surface area (Å²) in [5.74, 6) is -0.0351. The van der Waals surface area contributed by atoms with Crippen LogP contribution in [0, 0.1) is 0 Å². The second-order valence-electron chi connectivity index (χ2n) is 6.23. The lowest BCUT2D eigenvalue weighted by Gasteiger charge is -2.29. The van der Waals surface area contributed by atoms with Gasteiger partial charge in [0.1, 0.15) is 5.69 Å². The van der Waals surface area contributed by atoms with Crippen LogP contribution in [-0.2, 0) is 0 Å². The lowest BCUT2D eigenvalue weighted by atomic mass is 10.1. The largest absolute Gasteiger partial charge is 0.348 e. The second-order valence-corrected chi connectivity index (χ2v) is 6.23. The fraction of sp³-hybridized carbons (Fsp3) is 0.733. The Bertz CT molecular complexity index is 472. The van der Waals surface area contributed by atoms with Gasteiger partial charge >= 0.3 is 0 Å². The number of hydrogen-bond acceptors (Lipinski definition) is 4. The number of carbonyl (C=O) groups is 1. The number of carbonyl (C=O) groups excluding carboxylic acids is 1. The minimum atomic E-state index is -0.0351. The zero-order chi connectivity index (χ0) is 14.7. The molecule has 2 aliphatic heterocycles. The summed E-state index contributed by atoms with van der Waals surface area (Å²) in [6.07, 6.45) is 6.28. The van der Waals surface area contributed by atoms with Gasteiger partial charge in [-0.15, -0.1) is 0 Å². The zero-order valence-corrected chi connectivity index (χ0v) is 12.7. The average Bonchev–Trinajstić information content (AvgIpc) is 3.00. The smallest absolute Gasteiger partial charge is 0.271 e. The van der Waals surface area contributed by atoms with E-state index in [9.17, 15) is 4.79 Å². The summed E-state index contributed by atoms with van der Waals surface area (Å²) in [6, 6.07) is 2.50. The molecule has 1 amide bonds. The maximum Gasteiger partial charge on any atom is 0.271 e. The van der Waals surface area contributed by atoms with E-state index in [1.807, 2.05) is 16.9 Å². The highest BCUT2D eigenvalue weighted by molar-refractivity contribution is 5.92. The summed E-state index contributed by atoms with van der Waals surface area (Å²) in [5, 5.41) is 11.0. The van der Waals surface area contributed by atoms with Crippen LogP contribution in [0.3, 0.4) is 0 Å². The molecule has 0 bridgehead atoms. The first-order valence-electron chi connectivity index (χ1n) is 7.97. The van der Waals surface area contributed by atoms with E-state index in [0.717, 1.165) is 45.4 Å². The SMILES string of the molecule is CN1CCC(NC(=O)c2ccn(C3CCCNC3)n2)CC1. The second kappa shape index (κ2) is 6.58. The molecule has 116 valence electrons. The molecule has 0 saturated carbocycles. The number of likely N-dealkylation sites (tertiary alicyclic amines) is 1. The van der Waals surface area contributed by atoms with Gasteiger partial charge < -0.3 is 15.5 Å². The van der Waals surface area contributed by atoms with Crippen LogP contribution in [0.2, 0.25) is 0 Å². The summed E-state index contributed by atoms with van der Waals surface area (Å²) >= 11 is 0. The Morgan fingerprint density at radius 3 is 2.90 bits per heavy atom.